The highest BCUT2D eigenvalue weighted by Gasteiger charge is 2.09. The van der Waals surface area contributed by atoms with E-state index in [2.05, 4.69) is 25.7 Å². The van der Waals surface area contributed by atoms with Crippen molar-refractivity contribution in [2.75, 3.05) is 46.1 Å². The third kappa shape index (κ3) is 10.3. The minimum atomic E-state index is 0.495. The highest BCUT2D eigenvalue weighted by molar-refractivity contribution is 4.62. The lowest BCUT2D eigenvalue weighted by atomic mass is 9.89. The summed E-state index contributed by atoms with van der Waals surface area (Å²) in [6, 6.07) is 0. The molecule has 0 aromatic carbocycles. The molecule has 0 amide bonds. The molecule has 19 heavy (non-hydrogen) atoms. The molecule has 0 aromatic heterocycles. The zero-order valence-electron chi connectivity index (χ0n) is 13.2. The predicted molar refractivity (Wildman–Crippen MR) is 80.6 cm³/mol. The number of unbranched alkanes of at least 4 members (excludes halogenated alkanes) is 3. The van der Waals surface area contributed by atoms with E-state index in [1.54, 1.807) is 0 Å². The fourth-order valence-electron chi connectivity index (χ4n) is 2.33. The second-order valence-corrected chi connectivity index (χ2v) is 6.79. The van der Waals surface area contributed by atoms with Crippen LogP contribution in [0.15, 0.2) is 0 Å². The van der Waals surface area contributed by atoms with E-state index >= 15 is 0 Å². The Morgan fingerprint density at radius 3 is 2.32 bits per heavy atom. The molecule has 3 nitrogen and oxygen atoms in total. The van der Waals surface area contributed by atoms with Gasteiger partial charge in [-0.2, -0.15) is 0 Å². The van der Waals surface area contributed by atoms with E-state index < -0.39 is 0 Å². The maximum absolute atomic E-state index is 5.70. The van der Waals surface area contributed by atoms with Crippen molar-refractivity contribution in [3.05, 3.63) is 0 Å². The van der Waals surface area contributed by atoms with Gasteiger partial charge in [0.1, 0.15) is 0 Å². The Balaban J connectivity index is 1.78. The average molecular weight is 271 g/mol. The topological polar surface area (TPSA) is 21.7 Å². The maximum Gasteiger partial charge on any atom is 0.0594 e. The largest absolute Gasteiger partial charge is 0.380 e. The Hall–Kier alpha value is -0.120. The molecule has 0 unspecified atom stereocenters. The molecule has 1 saturated heterocycles. The SMILES string of the molecule is CC(C)(C)CCCCCCOCCN1CCOCC1. The molecule has 1 aliphatic heterocycles. The Morgan fingerprint density at radius 1 is 0.947 bits per heavy atom. The van der Waals surface area contributed by atoms with Gasteiger partial charge in [-0.25, -0.2) is 0 Å². The highest BCUT2D eigenvalue weighted by atomic mass is 16.5. The molecule has 1 rings (SSSR count). The van der Waals surface area contributed by atoms with E-state index in [1.165, 1.54) is 32.1 Å². The highest BCUT2D eigenvalue weighted by Crippen LogP contribution is 2.22. The van der Waals surface area contributed by atoms with Crippen molar-refractivity contribution in [3.63, 3.8) is 0 Å². The molecule has 0 aliphatic carbocycles. The molecular formula is C16H33NO2. The minimum absolute atomic E-state index is 0.495. The zero-order valence-corrected chi connectivity index (χ0v) is 13.2. The third-order valence-corrected chi connectivity index (χ3v) is 3.62. The van der Waals surface area contributed by atoms with Gasteiger partial charge in [0, 0.05) is 26.2 Å². The van der Waals surface area contributed by atoms with Gasteiger partial charge in [-0.15, -0.1) is 0 Å². The van der Waals surface area contributed by atoms with Gasteiger partial charge in [-0.05, 0) is 18.3 Å². The second kappa shape index (κ2) is 9.73. The van der Waals surface area contributed by atoms with Crippen LogP contribution in [0.5, 0.6) is 0 Å². The number of morpholine rings is 1. The summed E-state index contributed by atoms with van der Waals surface area (Å²) in [5.74, 6) is 0. The number of rotatable bonds is 9. The van der Waals surface area contributed by atoms with Crippen LogP contribution in [0, 0.1) is 5.41 Å². The van der Waals surface area contributed by atoms with Crippen LogP contribution in [0.1, 0.15) is 52.9 Å². The minimum Gasteiger partial charge on any atom is -0.380 e. The summed E-state index contributed by atoms with van der Waals surface area (Å²) in [5.41, 5.74) is 0.495. The van der Waals surface area contributed by atoms with E-state index in [4.69, 9.17) is 9.47 Å². The summed E-state index contributed by atoms with van der Waals surface area (Å²) >= 11 is 0. The van der Waals surface area contributed by atoms with E-state index in [1.807, 2.05) is 0 Å². The first-order chi connectivity index (χ1) is 9.08. The van der Waals surface area contributed by atoms with Crippen molar-refractivity contribution in [1.29, 1.82) is 0 Å². The van der Waals surface area contributed by atoms with Crippen molar-refractivity contribution in [2.24, 2.45) is 5.41 Å². The van der Waals surface area contributed by atoms with Crippen molar-refractivity contribution in [1.82, 2.24) is 4.90 Å². The maximum atomic E-state index is 5.70. The summed E-state index contributed by atoms with van der Waals surface area (Å²) in [4.78, 5) is 2.42. The molecule has 0 spiro atoms. The van der Waals surface area contributed by atoms with Gasteiger partial charge >= 0.3 is 0 Å². The molecule has 1 fully saturated rings. The molecule has 1 aliphatic rings. The summed E-state index contributed by atoms with van der Waals surface area (Å²) < 4.78 is 11.0. The van der Waals surface area contributed by atoms with Crippen LogP contribution in [0.4, 0.5) is 0 Å². The fraction of sp³-hybridized carbons (Fsp3) is 1.00. The van der Waals surface area contributed by atoms with Crippen LogP contribution in [0.3, 0.4) is 0 Å². The van der Waals surface area contributed by atoms with Crippen LogP contribution in [-0.2, 0) is 9.47 Å². The number of hydrogen-bond acceptors (Lipinski definition) is 3. The lowest BCUT2D eigenvalue weighted by Gasteiger charge is -2.26. The first-order valence-corrected chi connectivity index (χ1v) is 7.96. The average Bonchev–Trinajstić information content (AvgIpc) is 2.37. The molecule has 0 bridgehead atoms. The van der Waals surface area contributed by atoms with Crippen molar-refractivity contribution in [3.8, 4) is 0 Å². The summed E-state index contributed by atoms with van der Waals surface area (Å²) in [6.45, 7) is 13.7. The van der Waals surface area contributed by atoms with Crippen LogP contribution >= 0.6 is 0 Å². The summed E-state index contributed by atoms with van der Waals surface area (Å²) in [7, 11) is 0. The Labute approximate surface area is 119 Å². The molecule has 0 aromatic rings. The Bertz CT molecular complexity index is 207. The van der Waals surface area contributed by atoms with E-state index in [9.17, 15) is 0 Å². The van der Waals surface area contributed by atoms with Gasteiger partial charge in [-0.1, -0.05) is 40.0 Å². The van der Waals surface area contributed by atoms with E-state index in [0.717, 1.165) is 46.1 Å². The molecular weight excluding hydrogens is 238 g/mol. The summed E-state index contributed by atoms with van der Waals surface area (Å²) in [6.07, 6.45) is 6.58. The molecule has 0 saturated carbocycles. The van der Waals surface area contributed by atoms with Crippen molar-refractivity contribution >= 4 is 0 Å². The quantitative estimate of drug-likeness (QED) is 0.600. The molecule has 0 atom stereocenters. The number of hydrogen-bond donors (Lipinski definition) is 0. The van der Waals surface area contributed by atoms with Gasteiger partial charge in [0.05, 0.1) is 19.8 Å². The van der Waals surface area contributed by atoms with Crippen LogP contribution in [-0.4, -0.2) is 51.0 Å². The fourth-order valence-corrected chi connectivity index (χ4v) is 2.33. The zero-order chi connectivity index (χ0) is 14.0. The van der Waals surface area contributed by atoms with Gasteiger partial charge in [0.25, 0.3) is 0 Å². The number of nitrogens with zero attached hydrogens (tertiary/aromatic N) is 1. The lowest BCUT2D eigenvalue weighted by molar-refractivity contribution is 0.0200. The Morgan fingerprint density at radius 2 is 1.63 bits per heavy atom. The first-order valence-electron chi connectivity index (χ1n) is 7.96. The van der Waals surface area contributed by atoms with Crippen molar-refractivity contribution in [2.45, 2.75) is 52.9 Å². The van der Waals surface area contributed by atoms with Gasteiger partial charge < -0.3 is 9.47 Å². The second-order valence-electron chi connectivity index (χ2n) is 6.79. The van der Waals surface area contributed by atoms with E-state index in [-0.39, 0.29) is 0 Å². The lowest BCUT2D eigenvalue weighted by Crippen LogP contribution is -2.38. The van der Waals surface area contributed by atoms with Crippen LogP contribution < -0.4 is 0 Å². The molecule has 114 valence electrons. The molecule has 1 heterocycles. The van der Waals surface area contributed by atoms with Crippen LogP contribution in [0.25, 0.3) is 0 Å². The normalized spacial score (nSPS) is 17.8. The molecule has 3 heteroatoms. The Kier molecular flexibility index (Phi) is 8.67. The smallest absolute Gasteiger partial charge is 0.0594 e. The number of ether oxygens (including phenoxy) is 2. The van der Waals surface area contributed by atoms with Crippen molar-refractivity contribution < 1.29 is 9.47 Å². The third-order valence-electron chi connectivity index (χ3n) is 3.62. The first kappa shape index (κ1) is 16.9. The van der Waals surface area contributed by atoms with Gasteiger partial charge in [0.2, 0.25) is 0 Å². The van der Waals surface area contributed by atoms with Gasteiger partial charge in [0.15, 0.2) is 0 Å². The van der Waals surface area contributed by atoms with Crippen LogP contribution in [0.2, 0.25) is 0 Å². The standard InChI is InChI=1S/C16H33NO2/c1-16(2,3)8-6-4-5-7-12-18-13-9-17-10-14-19-15-11-17/h4-15H2,1-3H3. The van der Waals surface area contributed by atoms with E-state index in [0.29, 0.717) is 5.41 Å². The summed E-state index contributed by atoms with van der Waals surface area (Å²) in [5, 5.41) is 0. The molecule has 0 radical (unpaired) electrons. The monoisotopic (exact) mass is 271 g/mol. The predicted octanol–water partition coefficient (Wildman–Crippen LogP) is 3.33. The molecule has 0 N–H and O–H groups in total. The van der Waals surface area contributed by atoms with Gasteiger partial charge in [-0.3, -0.25) is 4.90 Å².